The molecule has 0 saturated heterocycles. The number of nitrogens with zero attached hydrogens (tertiary/aromatic N) is 4. The summed E-state index contributed by atoms with van der Waals surface area (Å²) in [4.78, 5) is 20.8. The van der Waals surface area contributed by atoms with Gasteiger partial charge in [-0.25, -0.2) is 14.8 Å². The summed E-state index contributed by atoms with van der Waals surface area (Å²) in [6.45, 7) is 3.49. The molecule has 0 aliphatic carbocycles. The van der Waals surface area contributed by atoms with Gasteiger partial charge in [0.15, 0.2) is 23.8 Å². The Morgan fingerprint density at radius 1 is 1.35 bits per heavy atom. The van der Waals surface area contributed by atoms with Crippen molar-refractivity contribution in [3.05, 3.63) is 33.3 Å². The number of benzene rings is 1. The highest BCUT2D eigenvalue weighted by molar-refractivity contribution is 9.10. The molecule has 2 unspecified atom stereocenters. The summed E-state index contributed by atoms with van der Waals surface area (Å²) in [5.41, 5.74) is 13.2. The van der Waals surface area contributed by atoms with Crippen molar-refractivity contribution in [2.45, 2.75) is 26.0 Å². The van der Waals surface area contributed by atoms with E-state index in [-0.39, 0.29) is 41.2 Å². The molecule has 1 aromatic heterocycles. The molecule has 0 fully saturated rings. The summed E-state index contributed by atoms with van der Waals surface area (Å²) >= 11 is 3.51. The van der Waals surface area contributed by atoms with E-state index in [1.54, 1.807) is 32.2 Å². The first-order chi connectivity index (χ1) is 16.2. The highest BCUT2D eigenvalue weighted by Crippen LogP contribution is 2.45. The number of halogens is 1. The number of nitrogens with one attached hydrogen (secondary N) is 2. The number of hydrogen-bond donors (Lipinski definition) is 4. The van der Waals surface area contributed by atoms with Gasteiger partial charge < -0.3 is 31.0 Å². The number of nitrogen functional groups attached to an aromatic ring is 2. The van der Waals surface area contributed by atoms with Gasteiger partial charge in [-0.2, -0.15) is 10.5 Å². The molecule has 0 bridgehead atoms. The Morgan fingerprint density at radius 2 is 2.09 bits per heavy atom. The molecule has 1 aliphatic heterocycles. The average molecular weight is 529 g/mol. The van der Waals surface area contributed by atoms with E-state index in [4.69, 9.17) is 30.9 Å². The van der Waals surface area contributed by atoms with Gasteiger partial charge in [-0.15, -0.1) is 0 Å². The minimum Gasteiger partial charge on any atom is -0.493 e. The number of anilines is 3. The lowest BCUT2D eigenvalue weighted by atomic mass is 9.95. The van der Waals surface area contributed by atoms with Gasteiger partial charge in [-0.05, 0) is 31.5 Å². The maximum absolute atomic E-state index is 12.0. The van der Waals surface area contributed by atoms with Gasteiger partial charge in [0.25, 0.3) is 0 Å². The number of esters is 1. The number of methoxy groups -OCH3 is 1. The van der Waals surface area contributed by atoms with Crippen LogP contribution in [0.15, 0.2) is 21.6 Å². The number of aliphatic imine (C=N–C) groups is 1. The largest absolute Gasteiger partial charge is 0.493 e. The van der Waals surface area contributed by atoms with Crippen LogP contribution in [0.4, 0.5) is 17.3 Å². The van der Waals surface area contributed by atoms with Crippen LogP contribution >= 0.6 is 15.9 Å². The van der Waals surface area contributed by atoms with Gasteiger partial charge in [-0.3, -0.25) is 5.32 Å². The molecular formula is C21H21BrN8O4. The van der Waals surface area contributed by atoms with Crippen LogP contribution in [0.25, 0.3) is 0 Å². The van der Waals surface area contributed by atoms with Crippen molar-refractivity contribution in [2.24, 2.45) is 4.99 Å². The number of hydrogen-bond acceptors (Lipinski definition) is 12. The van der Waals surface area contributed by atoms with Crippen LogP contribution in [0, 0.1) is 22.8 Å². The van der Waals surface area contributed by atoms with E-state index in [0.29, 0.717) is 21.3 Å². The van der Waals surface area contributed by atoms with Crippen molar-refractivity contribution in [1.82, 2.24) is 10.3 Å². The Hall–Kier alpha value is -4.23. The molecule has 1 aliphatic rings. The van der Waals surface area contributed by atoms with Crippen LogP contribution < -0.4 is 31.6 Å². The van der Waals surface area contributed by atoms with Gasteiger partial charge in [-0.1, -0.05) is 15.9 Å². The molecule has 12 nitrogen and oxygen atoms in total. The number of ether oxygens (including phenoxy) is 3. The molecule has 6 N–H and O–H groups in total. The van der Waals surface area contributed by atoms with Gasteiger partial charge >= 0.3 is 5.97 Å². The maximum atomic E-state index is 12.0. The molecule has 34 heavy (non-hydrogen) atoms. The van der Waals surface area contributed by atoms with Gasteiger partial charge in [0.05, 0.1) is 19.4 Å². The Morgan fingerprint density at radius 3 is 2.71 bits per heavy atom. The molecule has 1 aromatic carbocycles. The predicted octanol–water partition coefficient (Wildman–Crippen LogP) is 2.16. The number of pyridine rings is 1. The highest BCUT2D eigenvalue weighted by atomic mass is 79.9. The molecular weight excluding hydrogens is 508 g/mol. The first-order valence-electron chi connectivity index (χ1n) is 9.95. The first-order valence-corrected chi connectivity index (χ1v) is 10.7. The molecule has 0 radical (unpaired) electrons. The lowest BCUT2D eigenvalue weighted by Gasteiger charge is -2.27. The van der Waals surface area contributed by atoms with E-state index in [1.807, 2.05) is 6.07 Å². The second-order valence-corrected chi connectivity index (χ2v) is 7.79. The third kappa shape index (κ3) is 4.60. The Bertz CT molecular complexity index is 1250. The van der Waals surface area contributed by atoms with E-state index in [0.717, 1.165) is 0 Å². The summed E-state index contributed by atoms with van der Waals surface area (Å²) in [5, 5.41) is 23.9. The van der Waals surface area contributed by atoms with Crippen LogP contribution in [0.3, 0.4) is 0 Å². The zero-order valence-electron chi connectivity index (χ0n) is 18.5. The Labute approximate surface area is 203 Å². The molecule has 2 heterocycles. The van der Waals surface area contributed by atoms with E-state index in [2.05, 4.69) is 36.5 Å². The smallest absolute Gasteiger partial charge is 0.347 e. The molecule has 0 amide bonds. The summed E-state index contributed by atoms with van der Waals surface area (Å²) in [6, 6.07) is 4.42. The Balaban J connectivity index is 2.14. The number of carbonyl (C=O) groups is 1. The number of aromatic nitrogens is 1. The zero-order valence-corrected chi connectivity index (χ0v) is 20.1. The van der Waals surface area contributed by atoms with Crippen LogP contribution in [0.2, 0.25) is 0 Å². The van der Waals surface area contributed by atoms with Crippen molar-refractivity contribution in [2.75, 3.05) is 30.5 Å². The van der Waals surface area contributed by atoms with E-state index < -0.39 is 18.1 Å². The number of rotatable bonds is 6. The standard InChI is InChI=1S/C21H21BrN8O4/c1-4-33-20(31)9(2)34-14-6-12(22)10(5-13(14)32-3)17-15-16(25)11(7-23)18(26)29-19(15)30-21(28-17)27-8-24/h5-6,9,17H,4H2,1-3H3,(H6,25,26,27,28,29,30). The van der Waals surface area contributed by atoms with Crippen LogP contribution in [0.5, 0.6) is 11.5 Å². The second-order valence-electron chi connectivity index (χ2n) is 6.94. The monoisotopic (exact) mass is 528 g/mol. The van der Waals surface area contributed by atoms with Crippen LogP contribution in [-0.2, 0) is 9.53 Å². The van der Waals surface area contributed by atoms with Crippen LogP contribution in [-0.4, -0.2) is 36.7 Å². The van der Waals surface area contributed by atoms with Gasteiger partial charge in [0.1, 0.15) is 29.3 Å². The predicted molar refractivity (Wildman–Crippen MR) is 127 cm³/mol. The highest BCUT2D eigenvalue weighted by Gasteiger charge is 2.32. The van der Waals surface area contributed by atoms with E-state index >= 15 is 0 Å². The van der Waals surface area contributed by atoms with E-state index in [1.165, 1.54) is 7.11 Å². The number of fused-ring (bicyclic) bond motifs is 1. The SMILES string of the molecule is CCOC(=O)C(C)Oc1cc(Br)c(C2N=C(NC#N)Nc3nc(N)c(C#N)c(N)c32)cc1OC. The minimum absolute atomic E-state index is 0.0174. The molecule has 13 heteroatoms. The molecule has 2 aromatic rings. The lowest BCUT2D eigenvalue weighted by Crippen LogP contribution is -2.33. The lowest BCUT2D eigenvalue weighted by molar-refractivity contribution is -0.150. The molecule has 0 saturated carbocycles. The van der Waals surface area contributed by atoms with E-state index in [9.17, 15) is 10.1 Å². The summed E-state index contributed by atoms with van der Waals surface area (Å²) in [6.07, 6.45) is 0.917. The molecule has 0 spiro atoms. The molecule has 3 rings (SSSR count). The average Bonchev–Trinajstić information content (AvgIpc) is 2.79. The summed E-state index contributed by atoms with van der Waals surface area (Å²) in [7, 11) is 1.45. The van der Waals surface area contributed by atoms with Crippen molar-refractivity contribution in [3.63, 3.8) is 0 Å². The molecule has 2 atom stereocenters. The van der Waals surface area contributed by atoms with Gasteiger partial charge in [0.2, 0.25) is 5.96 Å². The third-order valence-corrected chi connectivity index (χ3v) is 5.54. The summed E-state index contributed by atoms with van der Waals surface area (Å²) in [5.74, 6) is 0.369. The van der Waals surface area contributed by atoms with Crippen molar-refractivity contribution < 1.29 is 19.0 Å². The van der Waals surface area contributed by atoms with Crippen molar-refractivity contribution in [3.8, 4) is 23.8 Å². The normalized spacial score (nSPS) is 14.9. The van der Waals surface area contributed by atoms with Crippen LogP contribution in [0.1, 0.15) is 36.6 Å². The fourth-order valence-electron chi connectivity index (χ4n) is 3.32. The maximum Gasteiger partial charge on any atom is 0.347 e. The topological polar surface area (TPSA) is 194 Å². The third-order valence-electron chi connectivity index (χ3n) is 4.86. The minimum atomic E-state index is -0.878. The summed E-state index contributed by atoms with van der Waals surface area (Å²) < 4.78 is 16.7. The number of guanidine groups is 1. The quantitative estimate of drug-likeness (QED) is 0.243. The van der Waals surface area contributed by atoms with Crippen molar-refractivity contribution >= 4 is 45.2 Å². The fourth-order valence-corrected chi connectivity index (χ4v) is 3.86. The second kappa shape index (κ2) is 10.1. The number of carbonyl (C=O) groups excluding carboxylic acids is 1. The fraction of sp³-hybridized carbons (Fsp3) is 0.286. The number of nitriles is 2. The molecule has 176 valence electrons. The van der Waals surface area contributed by atoms with Crippen molar-refractivity contribution in [1.29, 1.82) is 10.5 Å². The zero-order chi connectivity index (χ0) is 25.0. The van der Waals surface area contributed by atoms with Gasteiger partial charge in [0, 0.05) is 10.0 Å². The Kier molecular flexibility index (Phi) is 7.28. The number of nitrogens with two attached hydrogens (primary N) is 2. The first kappa shape index (κ1) is 24.4.